The fourth-order valence-corrected chi connectivity index (χ4v) is 2.03. The number of nitrogens with one attached hydrogen (secondary N) is 2. The number of Topliss-reactive ketones (excluding diaryl/α,β-unsaturated/α-hetero) is 1. The molecule has 0 spiro atoms. The van der Waals surface area contributed by atoms with Gasteiger partial charge in [0.15, 0.2) is 0 Å². The van der Waals surface area contributed by atoms with Gasteiger partial charge in [0.2, 0.25) is 0 Å². The molecule has 19 heavy (non-hydrogen) atoms. The van der Waals surface area contributed by atoms with Crippen LogP contribution in [-0.2, 0) is 9.53 Å². The van der Waals surface area contributed by atoms with Gasteiger partial charge in [0, 0.05) is 30.3 Å². The van der Waals surface area contributed by atoms with Crippen molar-refractivity contribution in [3.05, 3.63) is 35.5 Å². The lowest BCUT2D eigenvalue weighted by atomic mass is 10.1. The summed E-state index contributed by atoms with van der Waals surface area (Å²) < 4.78 is 4.82. The van der Waals surface area contributed by atoms with Gasteiger partial charge in [-0.15, -0.1) is 0 Å². The van der Waals surface area contributed by atoms with Crippen molar-refractivity contribution in [2.45, 2.75) is 6.92 Å². The number of aryl methyl sites for hydroxylation is 1. The van der Waals surface area contributed by atoms with Gasteiger partial charge >= 0.3 is 0 Å². The largest absolute Gasteiger partial charge is 0.383 e. The number of carbonyl (C=O) groups is 2. The van der Waals surface area contributed by atoms with E-state index in [1.54, 1.807) is 6.92 Å². The summed E-state index contributed by atoms with van der Waals surface area (Å²) in [6.07, 6.45) is 0. The molecule has 0 atom stereocenters. The molecule has 1 amide bonds. The van der Waals surface area contributed by atoms with E-state index in [9.17, 15) is 9.59 Å². The summed E-state index contributed by atoms with van der Waals surface area (Å²) in [6.45, 7) is 2.49. The van der Waals surface area contributed by atoms with E-state index < -0.39 is 11.7 Å². The first-order valence-electron chi connectivity index (χ1n) is 6.04. The molecule has 2 N–H and O–H groups in total. The van der Waals surface area contributed by atoms with Crippen molar-refractivity contribution in [2.75, 3.05) is 20.3 Å². The third kappa shape index (κ3) is 2.66. The fraction of sp³-hybridized carbons (Fsp3) is 0.286. The Morgan fingerprint density at radius 1 is 1.32 bits per heavy atom. The molecule has 0 bridgehead atoms. The minimum Gasteiger partial charge on any atom is -0.383 e. The first-order valence-corrected chi connectivity index (χ1v) is 6.04. The predicted molar refractivity (Wildman–Crippen MR) is 72.3 cm³/mol. The standard InChI is InChI=1S/C14H16N2O3/c1-9-12(10-5-3-4-6-11(10)16-9)13(17)14(18)15-7-8-19-2/h3-6,16H,7-8H2,1-2H3,(H,15,18). The molecule has 0 fully saturated rings. The summed E-state index contributed by atoms with van der Waals surface area (Å²) in [5, 5.41) is 3.31. The Bertz CT molecular complexity index is 616. The molecule has 1 aromatic heterocycles. The number of aromatic amines is 1. The van der Waals surface area contributed by atoms with Gasteiger partial charge < -0.3 is 15.0 Å². The summed E-state index contributed by atoms with van der Waals surface area (Å²) in [4.78, 5) is 27.0. The number of methoxy groups -OCH3 is 1. The van der Waals surface area contributed by atoms with Gasteiger partial charge in [-0.25, -0.2) is 0 Å². The number of hydrogen-bond donors (Lipinski definition) is 2. The van der Waals surface area contributed by atoms with Crippen LogP contribution in [0.4, 0.5) is 0 Å². The number of ketones is 1. The van der Waals surface area contributed by atoms with Gasteiger partial charge in [0.05, 0.1) is 12.2 Å². The second kappa shape index (κ2) is 5.67. The highest BCUT2D eigenvalue weighted by Crippen LogP contribution is 2.22. The van der Waals surface area contributed by atoms with E-state index in [-0.39, 0.29) is 0 Å². The first kappa shape index (κ1) is 13.3. The lowest BCUT2D eigenvalue weighted by Crippen LogP contribution is -2.33. The number of para-hydroxylation sites is 1. The van der Waals surface area contributed by atoms with E-state index in [2.05, 4.69) is 10.3 Å². The molecule has 0 saturated carbocycles. The van der Waals surface area contributed by atoms with Gasteiger partial charge in [-0.3, -0.25) is 9.59 Å². The molecule has 100 valence electrons. The van der Waals surface area contributed by atoms with E-state index in [0.29, 0.717) is 24.4 Å². The molecule has 5 heteroatoms. The third-order valence-corrected chi connectivity index (χ3v) is 2.92. The van der Waals surface area contributed by atoms with E-state index >= 15 is 0 Å². The van der Waals surface area contributed by atoms with Crippen LogP contribution in [0.25, 0.3) is 10.9 Å². The average molecular weight is 260 g/mol. The smallest absolute Gasteiger partial charge is 0.292 e. The predicted octanol–water partition coefficient (Wildman–Crippen LogP) is 1.42. The molecule has 0 aliphatic heterocycles. The maximum absolute atomic E-state index is 12.2. The maximum Gasteiger partial charge on any atom is 0.292 e. The van der Waals surface area contributed by atoms with Crippen molar-refractivity contribution in [2.24, 2.45) is 0 Å². The van der Waals surface area contributed by atoms with Crippen LogP contribution in [0.5, 0.6) is 0 Å². The van der Waals surface area contributed by atoms with Gasteiger partial charge in [-0.2, -0.15) is 0 Å². The second-order valence-corrected chi connectivity index (χ2v) is 4.25. The summed E-state index contributed by atoms with van der Waals surface area (Å²) in [5.41, 5.74) is 1.99. The number of aromatic nitrogens is 1. The molecule has 0 aliphatic rings. The molecule has 0 unspecified atom stereocenters. The molecule has 0 aliphatic carbocycles. The number of carbonyl (C=O) groups excluding carboxylic acids is 2. The highest BCUT2D eigenvalue weighted by molar-refractivity contribution is 6.45. The Balaban J connectivity index is 2.26. The Morgan fingerprint density at radius 3 is 2.79 bits per heavy atom. The molecule has 2 aromatic rings. The van der Waals surface area contributed by atoms with Crippen molar-refractivity contribution in [1.29, 1.82) is 0 Å². The highest BCUT2D eigenvalue weighted by atomic mass is 16.5. The van der Waals surface area contributed by atoms with Crippen molar-refractivity contribution < 1.29 is 14.3 Å². The highest BCUT2D eigenvalue weighted by Gasteiger charge is 2.21. The fourth-order valence-electron chi connectivity index (χ4n) is 2.03. The van der Waals surface area contributed by atoms with Crippen LogP contribution in [0.1, 0.15) is 16.1 Å². The van der Waals surface area contributed by atoms with Crippen LogP contribution in [-0.4, -0.2) is 36.9 Å². The van der Waals surface area contributed by atoms with Crippen LogP contribution in [0.15, 0.2) is 24.3 Å². The monoisotopic (exact) mass is 260 g/mol. The van der Waals surface area contributed by atoms with E-state index in [4.69, 9.17) is 4.74 Å². The summed E-state index contributed by atoms with van der Waals surface area (Å²) in [5.74, 6) is -1.13. The molecule has 0 radical (unpaired) electrons. The minimum atomic E-state index is -0.607. The number of rotatable bonds is 5. The number of ether oxygens (including phenoxy) is 1. The normalized spacial score (nSPS) is 10.6. The zero-order valence-corrected chi connectivity index (χ0v) is 10.9. The van der Waals surface area contributed by atoms with Crippen molar-refractivity contribution in [3.63, 3.8) is 0 Å². The quantitative estimate of drug-likeness (QED) is 0.485. The van der Waals surface area contributed by atoms with Gasteiger partial charge in [-0.05, 0) is 13.0 Å². The Kier molecular flexibility index (Phi) is 3.97. The molecule has 1 heterocycles. The summed E-state index contributed by atoms with van der Waals surface area (Å²) in [6, 6.07) is 7.43. The van der Waals surface area contributed by atoms with Gasteiger partial charge in [0.25, 0.3) is 11.7 Å². The van der Waals surface area contributed by atoms with Crippen LogP contribution >= 0.6 is 0 Å². The SMILES string of the molecule is COCCNC(=O)C(=O)c1c(C)[nH]c2ccccc12. The molecule has 2 rings (SSSR count). The first-order chi connectivity index (χ1) is 9.15. The Labute approximate surface area is 110 Å². The van der Waals surface area contributed by atoms with Gasteiger partial charge in [-0.1, -0.05) is 18.2 Å². The zero-order chi connectivity index (χ0) is 13.8. The van der Waals surface area contributed by atoms with Crippen molar-refractivity contribution in [3.8, 4) is 0 Å². The molecule has 5 nitrogen and oxygen atoms in total. The van der Waals surface area contributed by atoms with Gasteiger partial charge in [0.1, 0.15) is 0 Å². The topological polar surface area (TPSA) is 71.2 Å². The lowest BCUT2D eigenvalue weighted by molar-refractivity contribution is -0.117. The van der Waals surface area contributed by atoms with Crippen molar-refractivity contribution in [1.82, 2.24) is 10.3 Å². The van der Waals surface area contributed by atoms with E-state index in [1.807, 2.05) is 24.3 Å². The number of amides is 1. The maximum atomic E-state index is 12.2. The van der Waals surface area contributed by atoms with Crippen molar-refractivity contribution >= 4 is 22.6 Å². The van der Waals surface area contributed by atoms with E-state index in [0.717, 1.165) is 10.9 Å². The van der Waals surface area contributed by atoms with Crippen LogP contribution < -0.4 is 5.32 Å². The van der Waals surface area contributed by atoms with E-state index in [1.165, 1.54) is 7.11 Å². The molecular weight excluding hydrogens is 244 g/mol. The summed E-state index contributed by atoms with van der Waals surface area (Å²) >= 11 is 0. The molecule has 1 aromatic carbocycles. The number of H-pyrrole nitrogens is 1. The Hall–Kier alpha value is -2.14. The average Bonchev–Trinajstić information content (AvgIpc) is 2.74. The van der Waals surface area contributed by atoms with Crippen LogP contribution in [0, 0.1) is 6.92 Å². The lowest BCUT2D eigenvalue weighted by Gasteiger charge is -2.03. The third-order valence-electron chi connectivity index (χ3n) is 2.92. The number of hydrogen-bond acceptors (Lipinski definition) is 3. The second-order valence-electron chi connectivity index (χ2n) is 4.25. The molecular formula is C14H16N2O3. The number of benzene rings is 1. The Morgan fingerprint density at radius 2 is 2.05 bits per heavy atom. The zero-order valence-electron chi connectivity index (χ0n) is 10.9. The molecule has 0 saturated heterocycles. The minimum absolute atomic E-state index is 0.322. The summed E-state index contributed by atoms with van der Waals surface area (Å²) in [7, 11) is 1.54. The van der Waals surface area contributed by atoms with Crippen LogP contribution in [0.3, 0.4) is 0 Å². The van der Waals surface area contributed by atoms with Crippen LogP contribution in [0.2, 0.25) is 0 Å². The number of fused-ring (bicyclic) bond motifs is 1.